The van der Waals surface area contributed by atoms with Crippen LogP contribution in [0.2, 0.25) is 0 Å². The van der Waals surface area contributed by atoms with Crippen LogP contribution < -0.4 is 4.90 Å². The molecule has 1 fully saturated rings. The fourth-order valence-corrected chi connectivity index (χ4v) is 5.54. The summed E-state index contributed by atoms with van der Waals surface area (Å²) < 4.78 is 27.6. The Morgan fingerprint density at radius 3 is 2.15 bits per heavy atom. The third kappa shape index (κ3) is 4.57. The number of anilines is 1. The van der Waals surface area contributed by atoms with Crippen LogP contribution in [0, 0.1) is 24.0 Å². The van der Waals surface area contributed by atoms with Gasteiger partial charge in [0.05, 0.1) is 9.82 Å². The summed E-state index contributed by atoms with van der Waals surface area (Å²) in [5.74, 6) is -0.292. The van der Waals surface area contributed by atoms with Crippen molar-refractivity contribution in [3.05, 3.63) is 99.1 Å². The molecule has 0 atom stereocenters. The number of nitrogens with zero attached hydrogens (tertiary/aromatic N) is 3. The van der Waals surface area contributed by atoms with Gasteiger partial charge in [-0.15, -0.1) is 0 Å². The Bertz CT molecular complexity index is 1350. The van der Waals surface area contributed by atoms with Gasteiger partial charge in [0.15, 0.2) is 5.78 Å². The quantitative estimate of drug-likeness (QED) is 0.301. The summed E-state index contributed by atoms with van der Waals surface area (Å²) in [6.07, 6.45) is 0. The number of carbonyl (C=O) groups excluding carboxylic acids is 1. The summed E-state index contributed by atoms with van der Waals surface area (Å²) in [6, 6.07) is 18.1. The molecule has 8 nitrogen and oxygen atoms in total. The van der Waals surface area contributed by atoms with Crippen LogP contribution in [0.4, 0.5) is 11.4 Å². The molecule has 4 rings (SSSR count). The molecule has 0 spiro atoms. The first-order valence-electron chi connectivity index (χ1n) is 10.9. The smallest absolute Gasteiger partial charge is 0.293 e. The van der Waals surface area contributed by atoms with E-state index in [9.17, 15) is 23.3 Å². The van der Waals surface area contributed by atoms with Crippen molar-refractivity contribution in [3.8, 4) is 0 Å². The standard InChI is InChI=1S/C25H25N3O5S/c1-18-8-10-22(16-19(18)2)34(32,33)27-14-12-26(13-15-27)23-11-9-21(17-24(23)28(30)31)25(29)20-6-4-3-5-7-20/h3-11,16-17H,12-15H2,1-2H3. The van der Waals surface area contributed by atoms with Crippen LogP contribution >= 0.6 is 0 Å². The molecule has 0 N–H and O–H groups in total. The molecule has 9 heteroatoms. The van der Waals surface area contributed by atoms with E-state index in [1.807, 2.05) is 13.8 Å². The summed E-state index contributed by atoms with van der Waals surface area (Å²) in [5.41, 5.74) is 2.81. The van der Waals surface area contributed by atoms with E-state index < -0.39 is 14.9 Å². The molecule has 0 unspecified atom stereocenters. The molecule has 0 radical (unpaired) electrons. The van der Waals surface area contributed by atoms with Crippen molar-refractivity contribution in [1.29, 1.82) is 0 Å². The molecule has 1 aliphatic rings. The topological polar surface area (TPSA) is 101 Å². The Morgan fingerprint density at radius 1 is 0.853 bits per heavy atom. The number of hydrogen-bond donors (Lipinski definition) is 0. The van der Waals surface area contributed by atoms with Crippen LogP contribution in [-0.2, 0) is 10.0 Å². The fraction of sp³-hybridized carbons (Fsp3) is 0.240. The summed E-state index contributed by atoms with van der Waals surface area (Å²) in [7, 11) is -3.65. The highest BCUT2D eigenvalue weighted by Gasteiger charge is 2.31. The Morgan fingerprint density at radius 2 is 1.53 bits per heavy atom. The third-order valence-corrected chi connectivity index (χ3v) is 8.06. The van der Waals surface area contributed by atoms with E-state index in [0.29, 0.717) is 24.3 Å². The van der Waals surface area contributed by atoms with Gasteiger partial charge in [-0.05, 0) is 49.2 Å². The molecule has 0 saturated carbocycles. The van der Waals surface area contributed by atoms with Crippen LogP contribution in [0.5, 0.6) is 0 Å². The highest BCUT2D eigenvalue weighted by molar-refractivity contribution is 7.89. The fourth-order valence-electron chi connectivity index (χ4n) is 4.03. The minimum atomic E-state index is -3.65. The van der Waals surface area contributed by atoms with E-state index in [0.717, 1.165) is 11.1 Å². The average molecular weight is 480 g/mol. The maximum atomic E-state index is 13.1. The van der Waals surface area contributed by atoms with E-state index in [2.05, 4.69) is 0 Å². The number of carbonyl (C=O) groups is 1. The van der Waals surface area contributed by atoms with Gasteiger partial charge < -0.3 is 4.90 Å². The maximum absolute atomic E-state index is 13.1. The van der Waals surface area contributed by atoms with Gasteiger partial charge >= 0.3 is 0 Å². The number of hydrogen-bond acceptors (Lipinski definition) is 6. The van der Waals surface area contributed by atoms with Gasteiger partial charge in [0.2, 0.25) is 10.0 Å². The molecule has 3 aromatic carbocycles. The Hall–Kier alpha value is -3.56. The van der Waals surface area contributed by atoms with E-state index in [4.69, 9.17) is 0 Å². The van der Waals surface area contributed by atoms with Gasteiger partial charge in [-0.25, -0.2) is 8.42 Å². The molecule has 1 aliphatic heterocycles. The van der Waals surface area contributed by atoms with Crippen molar-refractivity contribution < 1.29 is 18.1 Å². The molecular weight excluding hydrogens is 454 g/mol. The van der Waals surface area contributed by atoms with Crippen LogP contribution in [0.3, 0.4) is 0 Å². The minimum Gasteiger partial charge on any atom is -0.363 e. The first kappa shape index (κ1) is 23.6. The second-order valence-corrected chi connectivity index (χ2v) is 10.2. The number of ketones is 1. The molecule has 0 aromatic heterocycles. The first-order valence-corrected chi connectivity index (χ1v) is 12.3. The van der Waals surface area contributed by atoms with Crippen molar-refractivity contribution in [2.75, 3.05) is 31.1 Å². The third-order valence-electron chi connectivity index (χ3n) is 6.17. The largest absolute Gasteiger partial charge is 0.363 e. The molecule has 0 bridgehead atoms. The van der Waals surface area contributed by atoms with Crippen molar-refractivity contribution in [2.24, 2.45) is 0 Å². The lowest BCUT2D eigenvalue weighted by Crippen LogP contribution is -2.48. The summed E-state index contributed by atoms with van der Waals surface area (Å²) in [5, 5.41) is 11.8. The monoisotopic (exact) mass is 479 g/mol. The molecule has 0 aliphatic carbocycles. The van der Waals surface area contributed by atoms with E-state index >= 15 is 0 Å². The van der Waals surface area contributed by atoms with Crippen molar-refractivity contribution in [3.63, 3.8) is 0 Å². The number of aryl methyl sites for hydroxylation is 2. The second-order valence-electron chi connectivity index (χ2n) is 8.29. The van der Waals surface area contributed by atoms with Crippen molar-refractivity contribution in [2.45, 2.75) is 18.7 Å². The molecule has 0 amide bonds. The van der Waals surface area contributed by atoms with Gasteiger partial charge in [0.25, 0.3) is 5.69 Å². The number of nitro benzene ring substituents is 1. The lowest BCUT2D eigenvalue weighted by molar-refractivity contribution is -0.384. The second kappa shape index (κ2) is 9.36. The zero-order valence-electron chi connectivity index (χ0n) is 19.0. The van der Waals surface area contributed by atoms with Crippen LogP contribution in [0.25, 0.3) is 0 Å². The number of rotatable bonds is 6. The highest BCUT2D eigenvalue weighted by Crippen LogP contribution is 2.31. The highest BCUT2D eigenvalue weighted by atomic mass is 32.2. The molecule has 34 heavy (non-hydrogen) atoms. The first-order chi connectivity index (χ1) is 16.2. The van der Waals surface area contributed by atoms with Gasteiger partial charge in [-0.3, -0.25) is 14.9 Å². The van der Waals surface area contributed by atoms with E-state index in [1.165, 1.54) is 10.4 Å². The lowest BCUT2D eigenvalue weighted by atomic mass is 10.0. The summed E-state index contributed by atoms with van der Waals surface area (Å²) >= 11 is 0. The van der Waals surface area contributed by atoms with Gasteiger partial charge in [0, 0.05) is 43.4 Å². The van der Waals surface area contributed by atoms with Crippen molar-refractivity contribution in [1.82, 2.24) is 4.31 Å². The number of sulfonamides is 1. The Balaban J connectivity index is 1.54. The zero-order valence-corrected chi connectivity index (χ0v) is 19.8. The predicted octanol–water partition coefficient (Wildman–Crippen LogP) is 3.95. The molecule has 1 saturated heterocycles. The molecule has 3 aromatic rings. The zero-order chi connectivity index (χ0) is 24.5. The average Bonchev–Trinajstić information content (AvgIpc) is 2.85. The van der Waals surface area contributed by atoms with E-state index in [1.54, 1.807) is 65.6 Å². The van der Waals surface area contributed by atoms with Gasteiger partial charge in [-0.1, -0.05) is 36.4 Å². The summed E-state index contributed by atoms with van der Waals surface area (Å²) in [6.45, 7) is 4.82. The minimum absolute atomic E-state index is 0.174. The molecule has 176 valence electrons. The molecule has 1 heterocycles. The van der Waals surface area contributed by atoms with Crippen LogP contribution in [0.15, 0.2) is 71.6 Å². The maximum Gasteiger partial charge on any atom is 0.293 e. The summed E-state index contributed by atoms with van der Waals surface area (Å²) in [4.78, 5) is 26.1. The predicted molar refractivity (Wildman–Crippen MR) is 130 cm³/mol. The normalized spacial score (nSPS) is 14.7. The lowest BCUT2D eigenvalue weighted by Gasteiger charge is -2.35. The Kier molecular flexibility index (Phi) is 6.49. The van der Waals surface area contributed by atoms with Crippen LogP contribution in [-0.4, -0.2) is 49.6 Å². The number of piperazine rings is 1. The Labute approximate surface area is 198 Å². The van der Waals surface area contributed by atoms with Crippen LogP contribution in [0.1, 0.15) is 27.0 Å². The number of benzene rings is 3. The van der Waals surface area contributed by atoms with E-state index in [-0.39, 0.29) is 35.0 Å². The van der Waals surface area contributed by atoms with Gasteiger partial charge in [-0.2, -0.15) is 4.31 Å². The van der Waals surface area contributed by atoms with Crippen molar-refractivity contribution >= 4 is 27.2 Å². The number of nitro groups is 1. The van der Waals surface area contributed by atoms with Gasteiger partial charge in [0.1, 0.15) is 5.69 Å². The SMILES string of the molecule is Cc1ccc(S(=O)(=O)N2CCN(c3ccc(C(=O)c4ccccc4)cc3[N+](=O)[O-])CC2)cc1C. The molecular formula is C25H25N3O5S.